The molecule has 5 heteroatoms. The van der Waals surface area contributed by atoms with Crippen molar-refractivity contribution < 1.29 is 9.59 Å². The number of carbonyl (C=O) groups excluding carboxylic acids is 2. The molecule has 0 unspecified atom stereocenters. The van der Waals surface area contributed by atoms with Crippen molar-refractivity contribution in [3.8, 4) is 0 Å². The van der Waals surface area contributed by atoms with E-state index in [9.17, 15) is 9.59 Å². The Hall–Kier alpha value is -3.44. The zero-order chi connectivity index (χ0) is 22.2. The number of aryl methyl sites for hydroxylation is 1. The summed E-state index contributed by atoms with van der Waals surface area (Å²) >= 11 is 3.61. The van der Waals surface area contributed by atoms with Gasteiger partial charge in [-0.2, -0.15) is 0 Å². The predicted molar refractivity (Wildman–Crippen MR) is 131 cm³/mol. The Morgan fingerprint density at radius 1 is 0.750 bits per heavy atom. The van der Waals surface area contributed by atoms with E-state index in [2.05, 4.69) is 51.0 Å². The zero-order valence-corrected chi connectivity index (χ0v) is 19.0. The van der Waals surface area contributed by atoms with Crippen molar-refractivity contribution >= 4 is 60.1 Å². The van der Waals surface area contributed by atoms with Crippen LogP contribution in [-0.2, 0) is 22.4 Å². The van der Waals surface area contributed by atoms with Gasteiger partial charge in [-0.3, -0.25) is 19.6 Å². The predicted octanol–water partition coefficient (Wildman–Crippen LogP) is 5.93. The van der Waals surface area contributed by atoms with Crippen LogP contribution in [0.2, 0.25) is 0 Å². The molecule has 1 heterocycles. The van der Waals surface area contributed by atoms with Gasteiger partial charge in [-0.1, -0.05) is 52.3 Å². The van der Waals surface area contributed by atoms with Crippen LogP contribution >= 0.6 is 15.9 Å². The molecule has 1 aromatic heterocycles. The summed E-state index contributed by atoms with van der Waals surface area (Å²) in [6, 6.07) is 20.2. The van der Waals surface area contributed by atoms with Crippen LogP contribution in [0.4, 0.5) is 0 Å². The molecular formula is C27H19BrN2O2. The number of hydrogen-bond donors (Lipinski definition) is 0. The van der Waals surface area contributed by atoms with Gasteiger partial charge in [0.25, 0.3) is 0 Å². The molecule has 0 fully saturated rings. The lowest BCUT2D eigenvalue weighted by molar-refractivity contribution is -0.136. The fourth-order valence-electron chi connectivity index (χ4n) is 4.38. The Kier molecular flexibility index (Phi) is 5.27. The van der Waals surface area contributed by atoms with Crippen LogP contribution in [0.3, 0.4) is 0 Å². The number of fused-ring (bicyclic) bond motifs is 6. The number of para-hydroxylation sites is 2. The molecule has 6 rings (SSSR count). The Bertz CT molecular complexity index is 1480. The number of Topliss-reactive ketones (excluding diaryl/α,β-unsaturated/α-hetero) is 2. The van der Waals surface area contributed by atoms with Gasteiger partial charge in [-0.05, 0) is 69.4 Å². The molecule has 1 aliphatic rings. The number of halogens is 1. The summed E-state index contributed by atoms with van der Waals surface area (Å²) in [5.41, 5.74) is 5.07. The maximum Gasteiger partial charge on any atom is 0.203 e. The largest absolute Gasteiger partial charge is 0.291 e. The lowest BCUT2D eigenvalue weighted by Gasteiger charge is -2.19. The third-order valence-corrected chi connectivity index (χ3v) is 6.57. The van der Waals surface area contributed by atoms with E-state index in [0.717, 1.165) is 43.0 Å². The molecule has 4 aromatic carbocycles. The van der Waals surface area contributed by atoms with Gasteiger partial charge in [0.15, 0.2) is 0 Å². The van der Waals surface area contributed by atoms with Crippen molar-refractivity contribution in [3.63, 3.8) is 0 Å². The second kappa shape index (κ2) is 8.24. The van der Waals surface area contributed by atoms with Gasteiger partial charge in [-0.25, -0.2) is 0 Å². The van der Waals surface area contributed by atoms with E-state index in [0.29, 0.717) is 0 Å². The minimum Gasteiger partial charge on any atom is -0.291 e. The van der Waals surface area contributed by atoms with Crippen molar-refractivity contribution in [3.05, 3.63) is 94.2 Å². The number of nitrogens with zero attached hydrogens (tertiary/aromatic N) is 2. The molecule has 0 saturated carbocycles. The van der Waals surface area contributed by atoms with E-state index >= 15 is 0 Å². The average Bonchev–Trinajstić information content (AvgIpc) is 2.81. The molecule has 0 N–H and O–H groups in total. The molecule has 4 nitrogen and oxygen atoms in total. The summed E-state index contributed by atoms with van der Waals surface area (Å²) in [5, 5.41) is 4.62. The van der Waals surface area contributed by atoms with E-state index in [1.54, 1.807) is 12.4 Å². The fourth-order valence-corrected chi connectivity index (χ4v) is 4.86. The first-order valence-electron chi connectivity index (χ1n) is 10.4. The topological polar surface area (TPSA) is 59.9 Å². The number of aromatic nitrogens is 2. The first kappa shape index (κ1) is 20.5. The lowest BCUT2D eigenvalue weighted by atomic mass is 9.84. The van der Waals surface area contributed by atoms with Crippen molar-refractivity contribution in [2.24, 2.45) is 0 Å². The molecule has 0 bridgehead atoms. The molecule has 0 saturated heterocycles. The molecule has 0 radical (unpaired) electrons. The molecule has 0 aliphatic heterocycles. The maximum atomic E-state index is 11.9. The number of benzene rings is 4. The van der Waals surface area contributed by atoms with Gasteiger partial charge in [0.05, 0.1) is 11.0 Å². The highest BCUT2D eigenvalue weighted by Crippen LogP contribution is 2.36. The van der Waals surface area contributed by atoms with E-state index in [-0.39, 0.29) is 24.4 Å². The van der Waals surface area contributed by atoms with E-state index in [1.807, 2.05) is 42.5 Å². The summed E-state index contributed by atoms with van der Waals surface area (Å²) in [5.74, 6) is -0.540. The first-order valence-corrected chi connectivity index (χ1v) is 11.2. The molecule has 0 atom stereocenters. The fraction of sp³-hybridized carbons (Fsp3) is 0.111. The van der Waals surface area contributed by atoms with Crippen molar-refractivity contribution in [2.75, 3.05) is 0 Å². The molecule has 5 aromatic rings. The highest BCUT2D eigenvalue weighted by Gasteiger charge is 2.26. The van der Waals surface area contributed by atoms with Gasteiger partial charge in [-0.15, -0.1) is 0 Å². The Morgan fingerprint density at radius 3 is 2.16 bits per heavy atom. The van der Waals surface area contributed by atoms with Crippen molar-refractivity contribution in [1.29, 1.82) is 0 Å². The molecule has 1 aliphatic carbocycles. The van der Waals surface area contributed by atoms with Gasteiger partial charge in [0.1, 0.15) is 0 Å². The third kappa shape index (κ3) is 3.59. The number of rotatable bonds is 0. The smallest absolute Gasteiger partial charge is 0.203 e. The Morgan fingerprint density at radius 2 is 1.44 bits per heavy atom. The standard InChI is InChI=1S/C19H13BrO2.C8H6N2/c1-10-7-15-12(3-2-4-16(15)20)13-6-5-11-8-17(21)18(22)9-14(11)19(10)13;1-2-4-8-7(3-1)9-5-6-10-8/h2-7H,8-9H2,1H3;1-6H. The summed E-state index contributed by atoms with van der Waals surface area (Å²) in [6.45, 7) is 2.07. The van der Waals surface area contributed by atoms with Gasteiger partial charge < -0.3 is 0 Å². The van der Waals surface area contributed by atoms with E-state index < -0.39 is 0 Å². The normalized spacial score (nSPS) is 13.2. The SMILES string of the molecule is Cc1cc2c(Br)cccc2c2ccc3c(c12)CC(=O)C(=O)C3.c1ccc2nccnc2c1. The van der Waals surface area contributed by atoms with Crippen LogP contribution in [0, 0.1) is 6.92 Å². The van der Waals surface area contributed by atoms with Crippen LogP contribution in [-0.4, -0.2) is 21.5 Å². The number of ketones is 2. The monoisotopic (exact) mass is 482 g/mol. The van der Waals surface area contributed by atoms with Crippen LogP contribution in [0.15, 0.2) is 77.5 Å². The first-order chi connectivity index (χ1) is 15.5. The highest BCUT2D eigenvalue weighted by molar-refractivity contribution is 9.10. The van der Waals surface area contributed by atoms with Gasteiger partial charge in [0, 0.05) is 29.7 Å². The Labute approximate surface area is 193 Å². The van der Waals surface area contributed by atoms with Crippen molar-refractivity contribution in [1.82, 2.24) is 9.97 Å². The third-order valence-electron chi connectivity index (χ3n) is 5.88. The minimum absolute atomic E-state index is 0.228. The van der Waals surface area contributed by atoms with Crippen LogP contribution in [0.25, 0.3) is 32.6 Å². The second-order valence-corrected chi connectivity index (χ2v) is 8.75. The van der Waals surface area contributed by atoms with Gasteiger partial charge >= 0.3 is 0 Å². The van der Waals surface area contributed by atoms with Crippen LogP contribution < -0.4 is 0 Å². The van der Waals surface area contributed by atoms with Crippen LogP contribution in [0.1, 0.15) is 16.7 Å². The van der Waals surface area contributed by atoms with Crippen molar-refractivity contribution in [2.45, 2.75) is 19.8 Å². The summed E-state index contributed by atoms with van der Waals surface area (Å²) in [4.78, 5) is 31.8. The van der Waals surface area contributed by atoms with E-state index in [4.69, 9.17) is 0 Å². The molecule has 32 heavy (non-hydrogen) atoms. The molecular weight excluding hydrogens is 464 g/mol. The summed E-state index contributed by atoms with van der Waals surface area (Å²) in [6.07, 6.45) is 3.86. The average molecular weight is 483 g/mol. The summed E-state index contributed by atoms with van der Waals surface area (Å²) < 4.78 is 1.07. The Balaban J connectivity index is 0.000000180. The molecule has 0 spiro atoms. The highest BCUT2D eigenvalue weighted by atomic mass is 79.9. The lowest BCUT2D eigenvalue weighted by Crippen LogP contribution is -2.25. The minimum atomic E-state index is -0.270. The van der Waals surface area contributed by atoms with Gasteiger partial charge in [0.2, 0.25) is 11.6 Å². The van der Waals surface area contributed by atoms with Crippen LogP contribution in [0.5, 0.6) is 0 Å². The zero-order valence-electron chi connectivity index (χ0n) is 17.4. The quantitative estimate of drug-likeness (QED) is 0.202. The number of carbonyl (C=O) groups is 2. The number of hydrogen-bond acceptors (Lipinski definition) is 4. The molecule has 0 amide bonds. The summed E-state index contributed by atoms with van der Waals surface area (Å²) in [7, 11) is 0. The second-order valence-electron chi connectivity index (χ2n) is 7.90. The molecule has 156 valence electrons. The van der Waals surface area contributed by atoms with E-state index in [1.165, 1.54) is 10.8 Å². The maximum absolute atomic E-state index is 11.9.